The third kappa shape index (κ3) is 3.30. The van der Waals surface area contributed by atoms with E-state index in [1.807, 2.05) is 12.1 Å². The number of nitrogens with one attached hydrogen (secondary N) is 1. The summed E-state index contributed by atoms with van der Waals surface area (Å²) in [7, 11) is 1.35. The zero-order valence-electron chi connectivity index (χ0n) is 10.1. The zero-order valence-corrected chi connectivity index (χ0v) is 10.9. The average molecular weight is 262 g/mol. The minimum absolute atomic E-state index is 0.318. The highest BCUT2D eigenvalue weighted by Gasteiger charge is 2.06. The monoisotopic (exact) mass is 262 g/mol. The smallest absolute Gasteiger partial charge is 0.356 e. The van der Waals surface area contributed by atoms with Crippen LogP contribution in [-0.4, -0.2) is 24.6 Å². The van der Waals surface area contributed by atoms with Crippen LogP contribution in [0.1, 0.15) is 15.4 Å². The summed E-state index contributed by atoms with van der Waals surface area (Å²) in [6.45, 7) is 0.825. The Morgan fingerprint density at radius 2 is 2.39 bits per heavy atom. The highest BCUT2D eigenvalue weighted by Crippen LogP contribution is 2.11. The highest BCUT2D eigenvalue weighted by atomic mass is 32.1. The van der Waals surface area contributed by atoms with Crippen LogP contribution in [0.2, 0.25) is 0 Å². The third-order valence-electron chi connectivity index (χ3n) is 2.44. The van der Waals surface area contributed by atoms with Crippen LogP contribution in [0, 0.1) is 0 Å². The number of anilines is 1. The molecule has 18 heavy (non-hydrogen) atoms. The molecule has 2 rings (SSSR count). The van der Waals surface area contributed by atoms with E-state index in [0.717, 1.165) is 18.7 Å². The van der Waals surface area contributed by atoms with Crippen LogP contribution in [0.25, 0.3) is 0 Å². The Hall–Kier alpha value is -1.88. The molecular formula is C13H14N2O2S. The van der Waals surface area contributed by atoms with Crippen molar-refractivity contribution in [3.8, 4) is 0 Å². The van der Waals surface area contributed by atoms with Gasteiger partial charge in [0.05, 0.1) is 7.11 Å². The van der Waals surface area contributed by atoms with Gasteiger partial charge < -0.3 is 10.1 Å². The predicted octanol–water partition coefficient (Wildman–Crippen LogP) is 2.58. The number of esters is 1. The van der Waals surface area contributed by atoms with E-state index in [4.69, 9.17) is 0 Å². The number of hydrogen-bond donors (Lipinski definition) is 1. The summed E-state index contributed by atoms with van der Waals surface area (Å²) >= 11 is 1.74. The average Bonchev–Trinajstić information content (AvgIpc) is 2.91. The molecule has 0 aliphatic carbocycles. The van der Waals surface area contributed by atoms with Crippen LogP contribution >= 0.6 is 11.3 Å². The predicted molar refractivity (Wildman–Crippen MR) is 72.1 cm³/mol. The molecule has 1 N–H and O–H groups in total. The lowest BCUT2D eigenvalue weighted by molar-refractivity contribution is 0.0594. The lowest BCUT2D eigenvalue weighted by Gasteiger charge is -2.06. The van der Waals surface area contributed by atoms with Gasteiger partial charge in [-0.05, 0) is 30.0 Å². The molecule has 0 unspecified atom stereocenters. The lowest BCUT2D eigenvalue weighted by atomic mass is 10.3. The topological polar surface area (TPSA) is 51.2 Å². The van der Waals surface area contributed by atoms with Crippen molar-refractivity contribution in [3.63, 3.8) is 0 Å². The molecule has 0 saturated carbocycles. The van der Waals surface area contributed by atoms with Gasteiger partial charge in [0.2, 0.25) is 0 Å². The Morgan fingerprint density at radius 1 is 1.50 bits per heavy atom. The van der Waals surface area contributed by atoms with Crippen molar-refractivity contribution in [2.24, 2.45) is 0 Å². The molecule has 0 atom stereocenters. The van der Waals surface area contributed by atoms with Crippen molar-refractivity contribution in [1.29, 1.82) is 0 Å². The van der Waals surface area contributed by atoms with Gasteiger partial charge >= 0.3 is 5.97 Å². The van der Waals surface area contributed by atoms with Crippen LogP contribution in [0.3, 0.4) is 0 Å². The minimum atomic E-state index is -0.420. The molecule has 2 heterocycles. The Labute approximate surface area is 110 Å². The lowest BCUT2D eigenvalue weighted by Crippen LogP contribution is -2.07. The van der Waals surface area contributed by atoms with E-state index < -0.39 is 5.97 Å². The molecule has 0 aromatic carbocycles. The number of methoxy groups -OCH3 is 1. The normalized spacial score (nSPS) is 10.1. The Balaban J connectivity index is 1.91. The van der Waals surface area contributed by atoms with Crippen molar-refractivity contribution < 1.29 is 9.53 Å². The second kappa shape index (κ2) is 6.16. The fraction of sp³-hybridized carbons (Fsp3) is 0.231. The molecule has 0 aliphatic heterocycles. The number of ether oxygens (including phenoxy) is 1. The Bertz CT molecular complexity index is 511. The molecule has 0 amide bonds. The molecule has 2 aromatic heterocycles. The number of carbonyl (C=O) groups is 1. The first-order valence-electron chi connectivity index (χ1n) is 5.60. The Kier molecular flexibility index (Phi) is 4.30. The molecule has 94 valence electrons. The fourth-order valence-corrected chi connectivity index (χ4v) is 2.25. The summed E-state index contributed by atoms with van der Waals surface area (Å²) in [6.07, 6.45) is 2.56. The summed E-state index contributed by atoms with van der Waals surface area (Å²) in [6, 6.07) is 7.68. The highest BCUT2D eigenvalue weighted by molar-refractivity contribution is 7.09. The van der Waals surface area contributed by atoms with E-state index >= 15 is 0 Å². The van der Waals surface area contributed by atoms with E-state index in [2.05, 4.69) is 26.5 Å². The molecule has 0 spiro atoms. The van der Waals surface area contributed by atoms with E-state index in [-0.39, 0.29) is 0 Å². The second-order valence-electron chi connectivity index (χ2n) is 3.68. The van der Waals surface area contributed by atoms with Gasteiger partial charge in [0.15, 0.2) is 0 Å². The quantitative estimate of drug-likeness (QED) is 0.841. The minimum Gasteiger partial charge on any atom is -0.464 e. The maximum atomic E-state index is 11.3. The SMILES string of the molecule is COC(=O)c1cc(NCCc2cccs2)ccn1. The van der Waals surface area contributed by atoms with Gasteiger partial charge in [-0.2, -0.15) is 0 Å². The van der Waals surface area contributed by atoms with Crippen LogP contribution in [0.5, 0.6) is 0 Å². The summed E-state index contributed by atoms with van der Waals surface area (Å²) in [5.74, 6) is -0.420. The van der Waals surface area contributed by atoms with Crippen LogP contribution < -0.4 is 5.32 Å². The molecule has 0 saturated heterocycles. The number of thiophene rings is 1. The van der Waals surface area contributed by atoms with E-state index in [1.54, 1.807) is 23.6 Å². The van der Waals surface area contributed by atoms with E-state index in [9.17, 15) is 4.79 Å². The fourth-order valence-electron chi connectivity index (χ4n) is 1.54. The Morgan fingerprint density at radius 3 is 3.11 bits per heavy atom. The van der Waals surface area contributed by atoms with Gasteiger partial charge in [0, 0.05) is 23.3 Å². The van der Waals surface area contributed by atoms with Gasteiger partial charge in [-0.1, -0.05) is 6.07 Å². The molecule has 0 radical (unpaired) electrons. The molecule has 4 nitrogen and oxygen atoms in total. The maximum Gasteiger partial charge on any atom is 0.356 e. The van der Waals surface area contributed by atoms with Crippen molar-refractivity contribution >= 4 is 23.0 Å². The summed E-state index contributed by atoms with van der Waals surface area (Å²) in [5, 5.41) is 5.33. The second-order valence-corrected chi connectivity index (χ2v) is 4.71. The number of nitrogens with zero attached hydrogens (tertiary/aromatic N) is 1. The van der Waals surface area contributed by atoms with Gasteiger partial charge in [-0.3, -0.25) is 0 Å². The molecule has 0 bridgehead atoms. The summed E-state index contributed by atoms with van der Waals surface area (Å²) in [5.41, 5.74) is 1.19. The van der Waals surface area contributed by atoms with Crippen molar-refractivity contribution in [2.45, 2.75) is 6.42 Å². The first-order valence-corrected chi connectivity index (χ1v) is 6.48. The van der Waals surface area contributed by atoms with Gasteiger partial charge in [-0.15, -0.1) is 11.3 Å². The van der Waals surface area contributed by atoms with Crippen molar-refractivity contribution in [2.75, 3.05) is 19.0 Å². The molecule has 5 heteroatoms. The number of pyridine rings is 1. The number of carbonyl (C=O) groups excluding carboxylic acids is 1. The first-order chi connectivity index (χ1) is 8.79. The standard InChI is InChI=1S/C13H14N2O2S/c1-17-13(16)12-9-10(4-6-15-12)14-7-5-11-3-2-8-18-11/h2-4,6,8-9H,5,7H2,1H3,(H,14,15). The first kappa shape index (κ1) is 12.6. The van der Waals surface area contributed by atoms with Crippen molar-refractivity contribution in [1.82, 2.24) is 4.98 Å². The van der Waals surface area contributed by atoms with E-state index in [1.165, 1.54) is 12.0 Å². The summed E-state index contributed by atoms with van der Waals surface area (Å²) < 4.78 is 4.63. The number of hydrogen-bond acceptors (Lipinski definition) is 5. The molecule has 2 aromatic rings. The molecular weight excluding hydrogens is 248 g/mol. The van der Waals surface area contributed by atoms with E-state index in [0.29, 0.717) is 5.69 Å². The van der Waals surface area contributed by atoms with Gasteiger partial charge in [0.1, 0.15) is 5.69 Å². The largest absolute Gasteiger partial charge is 0.464 e. The van der Waals surface area contributed by atoms with Crippen LogP contribution in [0.4, 0.5) is 5.69 Å². The van der Waals surface area contributed by atoms with Crippen LogP contribution in [0.15, 0.2) is 35.8 Å². The van der Waals surface area contributed by atoms with Gasteiger partial charge in [-0.25, -0.2) is 9.78 Å². The third-order valence-corrected chi connectivity index (χ3v) is 3.37. The van der Waals surface area contributed by atoms with Crippen LogP contribution in [-0.2, 0) is 11.2 Å². The molecule has 0 aliphatic rings. The van der Waals surface area contributed by atoms with Crippen molar-refractivity contribution in [3.05, 3.63) is 46.4 Å². The molecule has 0 fully saturated rings. The van der Waals surface area contributed by atoms with Gasteiger partial charge in [0.25, 0.3) is 0 Å². The maximum absolute atomic E-state index is 11.3. The summed E-state index contributed by atoms with van der Waals surface area (Å²) in [4.78, 5) is 16.6. The number of rotatable bonds is 5. The number of aromatic nitrogens is 1. The zero-order chi connectivity index (χ0) is 12.8.